The second-order valence-electron chi connectivity index (χ2n) is 5.96. The van der Waals surface area contributed by atoms with E-state index in [1.807, 2.05) is 24.3 Å². The van der Waals surface area contributed by atoms with Gasteiger partial charge in [-0.1, -0.05) is 24.3 Å². The fourth-order valence-electron chi connectivity index (χ4n) is 2.90. The standard InChI is InChI=1S/C19H18FIN2O2/c20-15-5-3-4-14(12-15)13-18(24)22-8-10-23(11-9-22)19(25)16-6-1-2-7-17(16)21/h1-7,12H,8-11,13H2. The summed E-state index contributed by atoms with van der Waals surface area (Å²) >= 11 is 2.16. The Balaban J connectivity index is 1.57. The first-order valence-electron chi connectivity index (χ1n) is 8.10. The summed E-state index contributed by atoms with van der Waals surface area (Å²) in [6.07, 6.45) is 0.183. The second-order valence-corrected chi connectivity index (χ2v) is 7.12. The fraction of sp³-hybridized carbons (Fsp3) is 0.263. The van der Waals surface area contributed by atoms with Gasteiger partial charge in [-0.05, 0) is 52.4 Å². The molecular formula is C19H18FIN2O2. The molecule has 2 aromatic carbocycles. The zero-order chi connectivity index (χ0) is 17.8. The smallest absolute Gasteiger partial charge is 0.255 e. The lowest BCUT2D eigenvalue weighted by atomic mass is 10.1. The van der Waals surface area contributed by atoms with Gasteiger partial charge in [-0.2, -0.15) is 0 Å². The molecule has 1 saturated heterocycles. The van der Waals surface area contributed by atoms with Crippen LogP contribution in [0, 0.1) is 9.39 Å². The maximum Gasteiger partial charge on any atom is 0.255 e. The normalized spacial score (nSPS) is 14.5. The molecule has 2 aromatic rings. The monoisotopic (exact) mass is 452 g/mol. The maximum atomic E-state index is 13.2. The van der Waals surface area contributed by atoms with Crippen LogP contribution in [0.15, 0.2) is 48.5 Å². The van der Waals surface area contributed by atoms with Crippen LogP contribution in [-0.2, 0) is 11.2 Å². The minimum absolute atomic E-state index is 0.00206. The summed E-state index contributed by atoms with van der Waals surface area (Å²) in [5.74, 6) is -0.368. The lowest BCUT2D eigenvalue weighted by molar-refractivity contribution is -0.131. The SMILES string of the molecule is O=C(Cc1cccc(F)c1)N1CCN(C(=O)c2ccccc2I)CC1. The first kappa shape index (κ1) is 17.8. The van der Waals surface area contributed by atoms with Crippen LogP contribution in [0.3, 0.4) is 0 Å². The Bertz CT molecular complexity index is 788. The molecule has 1 aliphatic heterocycles. The Morgan fingerprint density at radius 2 is 1.64 bits per heavy atom. The molecule has 0 aliphatic carbocycles. The zero-order valence-electron chi connectivity index (χ0n) is 13.6. The van der Waals surface area contributed by atoms with Gasteiger partial charge in [-0.25, -0.2) is 4.39 Å². The molecule has 4 nitrogen and oxygen atoms in total. The molecule has 6 heteroatoms. The van der Waals surface area contributed by atoms with Crippen LogP contribution in [0.25, 0.3) is 0 Å². The molecule has 1 fully saturated rings. The van der Waals surface area contributed by atoms with Gasteiger partial charge in [-0.3, -0.25) is 9.59 Å². The molecular weight excluding hydrogens is 434 g/mol. The Morgan fingerprint density at radius 3 is 2.32 bits per heavy atom. The van der Waals surface area contributed by atoms with Gasteiger partial charge < -0.3 is 9.80 Å². The molecule has 0 atom stereocenters. The summed E-state index contributed by atoms with van der Waals surface area (Å²) in [5.41, 5.74) is 1.37. The highest BCUT2D eigenvalue weighted by Gasteiger charge is 2.25. The van der Waals surface area contributed by atoms with Crippen molar-refractivity contribution in [3.63, 3.8) is 0 Å². The van der Waals surface area contributed by atoms with Crippen LogP contribution in [0.4, 0.5) is 4.39 Å². The van der Waals surface area contributed by atoms with Gasteiger partial charge in [0.05, 0.1) is 12.0 Å². The summed E-state index contributed by atoms with van der Waals surface area (Å²) in [4.78, 5) is 28.5. The Labute approximate surface area is 159 Å². The Kier molecular flexibility index (Phi) is 5.67. The van der Waals surface area contributed by atoms with Gasteiger partial charge in [0.25, 0.3) is 5.91 Å². The molecule has 25 heavy (non-hydrogen) atoms. The van der Waals surface area contributed by atoms with E-state index in [0.29, 0.717) is 37.3 Å². The van der Waals surface area contributed by atoms with E-state index in [9.17, 15) is 14.0 Å². The number of hydrogen-bond acceptors (Lipinski definition) is 2. The number of amides is 2. The van der Waals surface area contributed by atoms with E-state index in [1.165, 1.54) is 12.1 Å². The number of carbonyl (C=O) groups excluding carboxylic acids is 2. The van der Waals surface area contributed by atoms with E-state index >= 15 is 0 Å². The first-order chi connectivity index (χ1) is 12.0. The highest BCUT2D eigenvalue weighted by atomic mass is 127. The molecule has 130 valence electrons. The average molecular weight is 452 g/mol. The molecule has 1 aliphatic rings. The molecule has 0 saturated carbocycles. The summed E-state index contributed by atoms with van der Waals surface area (Å²) in [7, 11) is 0. The maximum absolute atomic E-state index is 13.2. The minimum Gasteiger partial charge on any atom is -0.339 e. The third kappa shape index (κ3) is 4.36. The Hall–Kier alpha value is -1.96. The van der Waals surface area contributed by atoms with Crippen molar-refractivity contribution in [2.45, 2.75) is 6.42 Å². The predicted molar refractivity (Wildman–Crippen MR) is 102 cm³/mol. The van der Waals surface area contributed by atoms with E-state index in [1.54, 1.807) is 21.9 Å². The number of nitrogens with zero attached hydrogens (tertiary/aromatic N) is 2. The number of piperazine rings is 1. The number of halogens is 2. The van der Waals surface area contributed by atoms with Crippen LogP contribution in [0.1, 0.15) is 15.9 Å². The van der Waals surface area contributed by atoms with Crippen LogP contribution in [-0.4, -0.2) is 47.8 Å². The van der Waals surface area contributed by atoms with Crippen LogP contribution < -0.4 is 0 Å². The molecule has 0 radical (unpaired) electrons. The summed E-state index contributed by atoms with van der Waals surface area (Å²) in [6, 6.07) is 13.6. The zero-order valence-corrected chi connectivity index (χ0v) is 15.8. The van der Waals surface area contributed by atoms with Crippen molar-refractivity contribution in [2.24, 2.45) is 0 Å². The van der Waals surface area contributed by atoms with E-state index in [-0.39, 0.29) is 24.1 Å². The first-order valence-corrected chi connectivity index (χ1v) is 9.18. The molecule has 0 aromatic heterocycles. The molecule has 0 unspecified atom stereocenters. The summed E-state index contributed by atoms with van der Waals surface area (Å²) in [5, 5.41) is 0. The van der Waals surface area contributed by atoms with E-state index in [0.717, 1.165) is 3.57 Å². The van der Waals surface area contributed by atoms with E-state index < -0.39 is 0 Å². The van der Waals surface area contributed by atoms with Crippen molar-refractivity contribution in [1.29, 1.82) is 0 Å². The third-order valence-electron chi connectivity index (χ3n) is 4.27. The van der Waals surface area contributed by atoms with Crippen LogP contribution >= 0.6 is 22.6 Å². The number of carbonyl (C=O) groups is 2. The van der Waals surface area contributed by atoms with E-state index in [2.05, 4.69) is 22.6 Å². The highest BCUT2D eigenvalue weighted by molar-refractivity contribution is 14.1. The number of hydrogen-bond donors (Lipinski definition) is 0. The number of rotatable bonds is 3. The molecule has 3 rings (SSSR count). The van der Waals surface area contributed by atoms with Crippen molar-refractivity contribution >= 4 is 34.4 Å². The molecule has 0 N–H and O–H groups in total. The topological polar surface area (TPSA) is 40.6 Å². The average Bonchev–Trinajstić information content (AvgIpc) is 2.62. The van der Waals surface area contributed by atoms with Crippen LogP contribution in [0.5, 0.6) is 0 Å². The van der Waals surface area contributed by atoms with Gasteiger partial charge in [0.2, 0.25) is 5.91 Å². The molecule has 0 spiro atoms. The third-order valence-corrected chi connectivity index (χ3v) is 5.21. The fourth-order valence-corrected chi connectivity index (χ4v) is 3.52. The van der Waals surface area contributed by atoms with Crippen molar-refractivity contribution in [1.82, 2.24) is 9.80 Å². The van der Waals surface area contributed by atoms with Gasteiger partial charge in [0.1, 0.15) is 5.82 Å². The van der Waals surface area contributed by atoms with Crippen molar-refractivity contribution in [3.05, 3.63) is 69.0 Å². The van der Waals surface area contributed by atoms with Gasteiger partial charge in [-0.15, -0.1) is 0 Å². The summed E-state index contributed by atoms with van der Waals surface area (Å²) in [6.45, 7) is 2.03. The molecule has 0 bridgehead atoms. The summed E-state index contributed by atoms with van der Waals surface area (Å²) < 4.78 is 14.1. The quantitative estimate of drug-likeness (QED) is 0.673. The minimum atomic E-state index is -0.335. The molecule has 2 amide bonds. The van der Waals surface area contributed by atoms with Crippen molar-refractivity contribution in [3.8, 4) is 0 Å². The van der Waals surface area contributed by atoms with Crippen molar-refractivity contribution < 1.29 is 14.0 Å². The Morgan fingerprint density at radius 1 is 0.960 bits per heavy atom. The van der Waals surface area contributed by atoms with Gasteiger partial charge in [0.15, 0.2) is 0 Å². The largest absolute Gasteiger partial charge is 0.339 e. The molecule has 1 heterocycles. The number of benzene rings is 2. The van der Waals surface area contributed by atoms with Gasteiger partial charge in [0, 0.05) is 29.7 Å². The van der Waals surface area contributed by atoms with E-state index in [4.69, 9.17) is 0 Å². The second kappa shape index (κ2) is 7.95. The van der Waals surface area contributed by atoms with Gasteiger partial charge >= 0.3 is 0 Å². The lowest BCUT2D eigenvalue weighted by Gasteiger charge is -2.35. The lowest BCUT2D eigenvalue weighted by Crippen LogP contribution is -2.51. The predicted octanol–water partition coefficient (Wildman–Crippen LogP) is 2.96. The van der Waals surface area contributed by atoms with Crippen LogP contribution in [0.2, 0.25) is 0 Å². The van der Waals surface area contributed by atoms with Crippen molar-refractivity contribution in [2.75, 3.05) is 26.2 Å². The highest BCUT2D eigenvalue weighted by Crippen LogP contribution is 2.16.